The molecule has 0 aromatic rings. The minimum atomic E-state index is -1.34. The number of nitrogens with two attached hydrogens (primary N) is 1. The van der Waals surface area contributed by atoms with Gasteiger partial charge in [-0.2, -0.15) is 12.6 Å². The molecule has 0 aromatic carbocycles. The standard InChI is InChI=1S/C19H34N4O7S/c1-5-9(3)14(17(27)21-12(8-31)19(29)30)23-18(28)15(10(4)6-2)22-16(26)11(20)7-13(24)25/h9-12,14-15,31H,5-8,20H2,1-4H3,(H,21,27)(H,22,26)(H,23,28)(H,24,25)(H,29,30). The van der Waals surface area contributed by atoms with Gasteiger partial charge >= 0.3 is 11.9 Å². The molecule has 6 unspecified atom stereocenters. The van der Waals surface area contributed by atoms with Crippen LogP contribution in [-0.4, -0.2) is 69.8 Å². The minimum Gasteiger partial charge on any atom is -0.481 e. The van der Waals surface area contributed by atoms with Crippen LogP contribution in [0.4, 0.5) is 0 Å². The molecule has 0 saturated carbocycles. The summed E-state index contributed by atoms with van der Waals surface area (Å²) >= 11 is 3.91. The van der Waals surface area contributed by atoms with Crippen molar-refractivity contribution in [3.8, 4) is 0 Å². The van der Waals surface area contributed by atoms with Crippen LogP contribution in [-0.2, 0) is 24.0 Å². The van der Waals surface area contributed by atoms with Gasteiger partial charge in [0.25, 0.3) is 0 Å². The van der Waals surface area contributed by atoms with Gasteiger partial charge in [-0.3, -0.25) is 19.2 Å². The van der Waals surface area contributed by atoms with Crippen molar-refractivity contribution in [1.29, 1.82) is 0 Å². The van der Waals surface area contributed by atoms with E-state index >= 15 is 0 Å². The molecule has 0 aliphatic rings. The fraction of sp³-hybridized carbons (Fsp3) is 0.737. The van der Waals surface area contributed by atoms with Crippen LogP contribution < -0.4 is 21.7 Å². The van der Waals surface area contributed by atoms with Crippen LogP contribution in [0.2, 0.25) is 0 Å². The van der Waals surface area contributed by atoms with E-state index in [2.05, 4.69) is 28.6 Å². The average Bonchev–Trinajstić information content (AvgIpc) is 2.71. The molecule has 0 fully saturated rings. The van der Waals surface area contributed by atoms with E-state index < -0.39 is 60.2 Å². The zero-order chi connectivity index (χ0) is 24.3. The Morgan fingerprint density at radius 1 is 0.839 bits per heavy atom. The van der Waals surface area contributed by atoms with Gasteiger partial charge in [-0.25, -0.2) is 4.79 Å². The third-order valence-corrected chi connectivity index (χ3v) is 5.48. The molecule has 12 heteroatoms. The molecule has 178 valence electrons. The first-order valence-electron chi connectivity index (χ1n) is 10.1. The fourth-order valence-corrected chi connectivity index (χ4v) is 2.88. The molecule has 0 aromatic heterocycles. The normalized spacial score (nSPS) is 16.7. The summed E-state index contributed by atoms with van der Waals surface area (Å²) in [6.07, 6.45) is 0.424. The van der Waals surface area contributed by atoms with E-state index in [1.54, 1.807) is 20.8 Å². The predicted octanol–water partition coefficient (Wildman–Crippen LogP) is -0.651. The second-order valence-electron chi connectivity index (χ2n) is 7.53. The van der Waals surface area contributed by atoms with Crippen molar-refractivity contribution in [2.24, 2.45) is 17.6 Å². The number of carbonyl (C=O) groups is 5. The number of nitrogens with one attached hydrogen (secondary N) is 3. The lowest BCUT2D eigenvalue weighted by molar-refractivity contribution is -0.142. The summed E-state index contributed by atoms with van der Waals surface area (Å²) in [5, 5.41) is 25.3. The van der Waals surface area contributed by atoms with E-state index in [0.29, 0.717) is 12.8 Å². The molecular formula is C19H34N4O7S. The zero-order valence-electron chi connectivity index (χ0n) is 18.3. The summed E-state index contributed by atoms with van der Waals surface area (Å²) < 4.78 is 0. The Morgan fingerprint density at radius 3 is 1.61 bits per heavy atom. The van der Waals surface area contributed by atoms with Crippen LogP contribution in [0.15, 0.2) is 0 Å². The Bertz CT molecular complexity index is 661. The van der Waals surface area contributed by atoms with Crippen LogP contribution in [0.5, 0.6) is 0 Å². The maximum absolute atomic E-state index is 13.0. The van der Waals surface area contributed by atoms with Gasteiger partial charge in [-0.1, -0.05) is 40.5 Å². The number of carboxylic acids is 2. The Balaban J connectivity index is 5.54. The van der Waals surface area contributed by atoms with E-state index in [1.807, 2.05) is 6.92 Å². The minimum absolute atomic E-state index is 0.130. The number of carboxylic acid groups (broad SMARTS) is 2. The SMILES string of the molecule is CCC(C)C(NC(=O)C(N)CC(=O)O)C(=O)NC(C(=O)NC(CS)C(=O)O)C(C)CC. The highest BCUT2D eigenvalue weighted by molar-refractivity contribution is 7.80. The molecular weight excluding hydrogens is 428 g/mol. The van der Waals surface area contributed by atoms with Crippen molar-refractivity contribution < 1.29 is 34.2 Å². The molecule has 31 heavy (non-hydrogen) atoms. The van der Waals surface area contributed by atoms with Crippen molar-refractivity contribution in [3.63, 3.8) is 0 Å². The van der Waals surface area contributed by atoms with Crippen molar-refractivity contribution in [2.45, 2.75) is 71.1 Å². The largest absolute Gasteiger partial charge is 0.481 e. The van der Waals surface area contributed by atoms with Crippen molar-refractivity contribution in [3.05, 3.63) is 0 Å². The van der Waals surface area contributed by atoms with Crippen LogP contribution in [0.1, 0.15) is 47.0 Å². The first-order chi connectivity index (χ1) is 14.4. The fourth-order valence-electron chi connectivity index (χ4n) is 2.63. The second-order valence-corrected chi connectivity index (χ2v) is 7.90. The molecule has 6 atom stereocenters. The molecule has 3 amide bonds. The first-order valence-corrected chi connectivity index (χ1v) is 10.7. The molecule has 0 heterocycles. The number of rotatable bonds is 14. The van der Waals surface area contributed by atoms with E-state index in [4.69, 9.17) is 15.9 Å². The Kier molecular flexibility index (Phi) is 12.8. The highest BCUT2D eigenvalue weighted by Crippen LogP contribution is 2.13. The van der Waals surface area contributed by atoms with E-state index in [9.17, 15) is 24.0 Å². The average molecular weight is 463 g/mol. The highest BCUT2D eigenvalue weighted by atomic mass is 32.1. The molecule has 11 nitrogen and oxygen atoms in total. The molecule has 0 spiro atoms. The molecule has 7 N–H and O–H groups in total. The Labute approximate surface area is 187 Å². The Hall–Kier alpha value is -2.34. The topological polar surface area (TPSA) is 188 Å². The first kappa shape index (κ1) is 28.7. The van der Waals surface area contributed by atoms with Gasteiger partial charge in [-0.15, -0.1) is 0 Å². The lowest BCUT2D eigenvalue weighted by atomic mass is 9.94. The van der Waals surface area contributed by atoms with Gasteiger partial charge in [0.05, 0.1) is 12.5 Å². The van der Waals surface area contributed by atoms with Gasteiger partial charge in [0.2, 0.25) is 17.7 Å². The predicted molar refractivity (Wildman–Crippen MR) is 116 cm³/mol. The molecule has 0 aliphatic carbocycles. The summed E-state index contributed by atoms with van der Waals surface area (Å²) in [6.45, 7) is 7.05. The quantitative estimate of drug-likeness (QED) is 0.166. The summed E-state index contributed by atoms with van der Waals surface area (Å²) in [5.74, 6) is -5.44. The van der Waals surface area contributed by atoms with Gasteiger partial charge < -0.3 is 31.9 Å². The number of carbonyl (C=O) groups excluding carboxylic acids is 3. The second kappa shape index (κ2) is 13.9. The molecule has 0 rings (SSSR count). The van der Waals surface area contributed by atoms with Crippen LogP contribution in [0.25, 0.3) is 0 Å². The highest BCUT2D eigenvalue weighted by Gasteiger charge is 2.34. The van der Waals surface area contributed by atoms with E-state index in [-0.39, 0.29) is 17.6 Å². The molecule has 0 radical (unpaired) electrons. The maximum Gasteiger partial charge on any atom is 0.327 e. The lowest BCUT2D eigenvalue weighted by Gasteiger charge is -2.29. The van der Waals surface area contributed by atoms with Crippen LogP contribution in [0.3, 0.4) is 0 Å². The number of aliphatic carboxylic acids is 2. The van der Waals surface area contributed by atoms with Crippen molar-refractivity contribution in [2.75, 3.05) is 5.75 Å². The smallest absolute Gasteiger partial charge is 0.327 e. The third kappa shape index (κ3) is 9.55. The summed E-state index contributed by atoms with van der Waals surface area (Å²) in [6, 6.07) is -4.66. The zero-order valence-corrected chi connectivity index (χ0v) is 19.1. The lowest BCUT2D eigenvalue weighted by Crippen LogP contribution is -2.60. The van der Waals surface area contributed by atoms with E-state index in [0.717, 1.165) is 0 Å². The monoisotopic (exact) mass is 462 g/mol. The van der Waals surface area contributed by atoms with Gasteiger partial charge in [0, 0.05) is 5.75 Å². The van der Waals surface area contributed by atoms with Crippen LogP contribution in [0, 0.1) is 11.8 Å². The van der Waals surface area contributed by atoms with E-state index in [1.165, 1.54) is 0 Å². The summed E-state index contributed by atoms with van der Waals surface area (Å²) in [5.41, 5.74) is 5.57. The Morgan fingerprint density at radius 2 is 1.26 bits per heavy atom. The number of hydrogen-bond acceptors (Lipinski definition) is 7. The number of amides is 3. The van der Waals surface area contributed by atoms with Crippen molar-refractivity contribution in [1.82, 2.24) is 16.0 Å². The van der Waals surface area contributed by atoms with Crippen LogP contribution >= 0.6 is 12.6 Å². The number of hydrogen-bond donors (Lipinski definition) is 7. The molecule has 0 saturated heterocycles. The molecule has 0 bridgehead atoms. The van der Waals surface area contributed by atoms with Gasteiger partial charge in [-0.05, 0) is 11.8 Å². The van der Waals surface area contributed by atoms with Gasteiger partial charge in [0.15, 0.2) is 0 Å². The third-order valence-electron chi connectivity index (χ3n) is 5.11. The van der Waals surface area contributed by atoms with Gasteiger partial charge in [0.1, 0.15) is 18.1 Å². The summed E-state index contributed by atoms with van der Waals surface area (Å²) in [4.78, 5) is 59.9. The maximum atomic E-state index is 13.0. The van der Waals surface area contributed by atoms with Crippen molar-refractivity contribution >= 4 is 42.3 Å². The summed E-state index contributed by atoms with van der Waals surface area (Å²) in [7, 11) is 0. The molecule has 0 aliphatic heterocycles. The number of thiol groups is 1.